The summed E-state index contributed by atoms with van der Waals surface area (Å²) >= 11 is 0. The average molecular weight is 457 g/mol. The van der Waals surface area contributed by atoms with Crippen LogP contribution in [0, 0.1) is 5.92 Å². The Hall–Kier alpha value is -3.76. The number of nitrogens with one attached hydrogen (secondary N) is 3. The predicted molar refractivity (Wildman–Crippen MR) is 115 cm³/mol. The van der Waals surface area contributed by atoms with Gasteiger partial charge >= 0.3 is 6.09 Å². The van der Waals surface area contributed by atoms with Crippen LogP contribution < -0.4 is 16.0 Å². The normalized spacial score (nSPS) is 17.5. The van der Waals surface area contributed by atoms with Gasteiger partial charge in [-0.05, 0) is 17.9 Å². The molecule has 176 valence electrons. The van der Waals surface area contributed by atoms with Gasteiger partial charge in [0.1, 0.15) is 18.3 Å². The van der Waals surface area contributed by atoms with Crippen LogP contribution in [-0.4, -0.2) is 52.7 Å². The van der Waals surface area contributed by atoms with Crippen molar-refractivity contribution in [2.24, 2.45) is 5.92 Å². The Morgan fingerprint density at radius 2 is 1.97 bits per heavy atom. The lowest BCUT2D eigenvalue weighted by Gasteiger charge is -2.25. The predicted octanol–water partition coefficient (Wildman–Crippen LogP) is 0.679. The highest BCUT2D eigenvalue weighted by Gasteiger charge is 2.32. The number of hydrogen-bond donors (Lipinski definition) is 3. The topological polar surface area (TPSA) is 153 Å². The lowest BCUT2D eigenvalue weighted by Crippen LogP contribution is -2.55. The van der Waals surface area contributed by atoms with E-state index in [2.05, 4.69) is 26.3 Å². The molecule has 0 saturated carbocycles. The Balaban J connectivity index is 1.64. The van der Waals surface area contributed by atoms with Crippen LogP contribution in [-0.2, 0) is 38.6 Å². The summed E-state index contributed by atoms with van der Waals surface area (Å²) < 4.78 is 10.3. The van der Waals surface area contributed by atoms with E-state index in [-0.39, 0.29) is 31.9 Å². The van der Waals surface area contributed by atoms with E-state index < -0.39 is 35.8 Å². The summed E-state index contributed by atoms with van der Waals surface area (Å²) in [7, 11) is 0. The van der Waals surface area contributed by atoms with E-state index >= 15 is 0 Å². The molecule has 11 nitrogen and oxygen atoms in total. The van der Waals surface area contributed by atoms with Gasteiger partial charge in [0.15, 0.2) is 5.76 Å². The van der Waals surface area contributed by atoms with Gasteiger partial charge in [0, 0.05) is 24.7 Å². The van der Waals surface area contributed by atoms with Gasteiger partial charge in [0.25, 0.3) is 5.91 Å². The van der Waals surface area contributed by atoms with E-state index in [0.717, 1.165) is 5.56 Å². The van der Waals surface area contributed by atoms with Crippen LogP contribution in [0.5, 0.6) is 0 Å². The van der Waals surface area contributed by atoms with E-state index in [1.165, 1.54) is 0 Å². The van der Waals surface area contributed by atoms with Crippen LogP contribution in [0.3, 0.4) is 0 Å². The van der Waals surface area contributed by atoms with Crippen molar-refractivity contribution in [2.45, 2.75) is 51.8 Å². The molecule has 0 saturated heterocycles. The Morgan fingerprint density at radius 1 is 1.21 bits per heavy atom. The molecule has 11 heteroatoms. The molecule has 2 unspecified atom stereocenters. The zero-order valence-electron chi connectivity index (χ0n) is 18.5. The largest absolute Gasteiger partial charge is 0.445 e. The maximum Gasteiger partial charge on any atom is 0.408 e. The summed E-state index contributed by atoms with van der Waals surface area (Å²) in [4.78, 5) is 50.1. The highest BCUT2D eigenvalue weighted by atomic mass is 16.5. The molecule has 1 aromatic carbocycles. The number of benzene rings is 1. The van der Waals surface area contributed by atoms with Gasteiger partial charge in [-0.1, -0.05) is 44.2 Å². The molecule has 2 aromatic rings. The van der Waals surface area contributed by atoms with Crippen LogP contribution in [0.1, 0.15) is 37.3 Å². The van der Waals surface area contributed by atoms with Crippen molar-refractivity contribution in [2.75, 3.05) is 6.54 Å². The smallest absolute Gasteiger partial charge is 0.408 e. The molecule has 1 aromatic heterocycles. The fourth-order valence-corrected chi connectivity index (χ4v) is 3.38. The molecule has 3 N–H and O–H groups in total. The van der Waals surface area contributed by atoms with Gasteiger partial charge < -0.3 is 25.2 Å². The van der Waals surface area contributed by atoms with E-state index in [1.807, 2.05) is 30.3 Å². The third kappa shape index (κ3) is 6.61. The van der Waals surface area contributed by atoms with Crippen molar-refractivity contribution in [3.8, 4) is 0 Å². The van der Waals surface area contributed by atoms with Crippen LogP contribution in [0.4, 0.5) is 4.79 Å². The number of alkyl carbamates (subject to hydrolysis) is 1. The molecule has 3 rings (SSSR count). The molecule has 1 aliphatic rings. The highest BCUT2D eigenvalue weighted by molar-refractivity contribution is 6.38. The van der Waals surface area contributed by atoms with Crippen molar-refractivity contribution in [3.63, 3.8) is 0 Å². The average Bonchev–Trinajstić information content (AvgIpc) is 3.25. The maximum atomic E-state index is 12.9. The monoisotopic (exact) mass is 457 g/mol. The second-order valence-electron chi connectivity index (χ2n) is 8.04. The molecule has 0 aliphatic carbocycles. The van der Waals surface area contributed by atoms with Crippen molar-refractivity contribution in [1.29, 1.82) is 0 Å². The third-order valence-corrected chi connectivity index (χ3v) is 5.23. The number of carbonyl (C=O) groups is 4. The second kappa shape index (κ2) is 11.2. The number of aryl methyl sites for hydroxylation is 1. The quantitative estimate of drug-likeness (QED) is 0.536. The van der Waals surface area contributed by atoms with Gasteiger partial charge in [0.05, 0.1) is 6.04 Å². The number of ether oxygens (including phenoxy) is 1. The maximum absolute atomic E-state index is 12.9. The molecule has 2 heterocycles. The second-order valence-corrected chi connectivity index (χ2v) is 8.04. The van der Waals surface area contributed by atoms with Crippen LogP contribution in [0.15, 0.2) is 34.9 Å². The molecule has 0 fully saturated rings. The zero-order valence-corrected chi connectivity index (χ0v) is 18.5. The zero-order chi connectivity index (χ0) is 23.8. The molecule has 33 heavy (non-hydrogen) atoms. The number of aromatic nitrogens is 2. The number of amides is 3. The minimum atomic E-state index is -1.10. The molecule has 1 aliphatic heterocycles. The first-order valence-electron chi connectivity index (χ1n) is 10.7. The number of Topliss-reactive ketones (excluding diaryl/α,β-unsaturated/α-hetero) is 1. The highest BCUT2D eigenvalue weighted by Crippen LogP contribution is 2.13. The minimum Gasteiger partial charge on any atom is -0.445 e. The summed E-state index contributed by atoms with van der Waals surface area (Å²) in [6.07, 6.45) is 0.00966. The van der Waals surface area contributed by atoms with Crippen LogP contribution >= 0.6 is 0 Å². The molecule has 2 atom stereocenters. The van der Waals surface area contributed by atoms with E-state index in [1.54, 1.807) is 13.8 Å². The minimum absolute atomic E-state index is 0.0495. The van der Waals surface area contributed by atoms with Gasteiger partial charge in [-0.25, -0.2) is 4.79 Å². The number of fused-ring (bicyclic) bond motifs is 1. The molecule has 3 amide bonds. The van der Waals surface area contributed by atoms with Crippen molar-refractivity contribution < 1.29 is 28.4 Å². The molecule has 0 spiro atoms. The third-order valence-electron chi connectivity index (χ3n) is 5.23. The van der Waals surface area contributed by atoms with Gasteiger partial charge in [-0.2, -0.15) is 0 Å². The Morgan fingerprint density at radius 3 is 2.70 bits per heavy atom. The SMILES string of the molecule is CC(C)C(NC(=O)OCc1ccccc1)C(=O)NC1CCc2onnc2CCNC(=O)C1=O. The molecular weight excluding hydrogens is 430 g/mol. The standard InChI is InChI=1S/C22H27N5O6/c1-13(2)18(25-22(31)32-12-14-6-4-3-5-7-14)20(29)24-16-8-9-17-15(26-27-33-17)10-11-23-21(30)19(16)28/h3-7,13,16,18H,8-12H2,1-2H3,(H,23,30)(H,24,29)(H,25,31). The Labute approximate surface area is 190 Å². The van der Waals surface area contributed by atoms with Crippen molar-refractivity contribution in [3.05, 3.63) is 47.3 Å². The summed E-state index contributed by atoms with van der Waals surface area (Å²) in [5.41, 5.74) is 1.40. The van der Waals surface area contributed by atoms with E-state index in [0.29, 0.717) is 17.9 Å². The molecule has 0 bridgehead atoms. The summed E-state index contributed by atoms with van der Waals surface area (Å²) in [5, 5.41) is 15.1. The summed E-state index contributed by atoms with van der Waals surface area (Å²) in [5.74, 6) is -1.96. The lowest BCUT2D eigenvalue weighted by atomic mass is 9.99. The van der Waals surface area contributed by atoms with Gasteiger partial charge in [-0.15, -0.1) is 5.10 Å². The number of hydrogen-bond acceptors (Lipinski definition) is 8. The van der Waals surface area contributed by atoms with Gasteiger partial charge in [0.2, 0.25) is 11.7 Å². The Bertz CT molecular complexity index is 990. The van der Waals surface area contributed by atoms with Crippen molar-refractivity contribution in [1.82, 2.24) is 26.3 Å². The first-order valence-corrected chi connectivity index (χ1v) is 10.7. The summed E-state index contributed by atoms with van der Waals surface area (Å²) in [6.45, 7) is 3.73. The van der Waals surface area contributed by atoms with E-state index in [4.69, 9.17) is 9.26 Å². The van der Waals surface area contributed by atoms with Crippen molar-refractivity contribution >= 4 is 23.7 Å². The fraction of sp³-hybridized carbons (Fsp3) is 0.455. The van der Waals surface area contributed by atoms with E-state index in [9.17, 15) is 19.2 Å². The summed E-state index contributed by atoms with van der Waals surface area (Å²) in [6, 6.07) is 7.05. The number of rotatable bonds is 6. The number of ketones is 1. The Kier molecular flexibility index (Phi) is 8.11. The molecule has 0 radical (unpaired) electrons. The van der Waals surface area contributed by atoms with Gasteiger partial charge in [-0.3, -0.25) is 14.4 Å². The first kappa shape index (κ1) is 23.9. The van der Waals surface area contributed by atoms with Crippen LogP contribution in [0.25, 0.3) is 0 Å². The molecular formula is C22H27N5O6. The lowest BCUT2D eigenvalue weighted by molar-refractivity contribution is -0.140. The first-order chi connectivity index (χ1) is 15.8. The fourth-order valence-electron chi connectivity index (χ4n) is 3.38. The number of carbonyl (C=O) groups excluding carboxylic acids is 4. The van der Waals surface area contributed by atoms with Crippen LogP contribution in [0.2, 0.25) is 0 Å². The number of nitrogens with zero attached hydrogens (tertiary/aromatic N) is 2.